The van der Waals surface area contributed by atoms with Crippen LogP contribution in [0.1, 0.15) is 15.9 Å². The molecule has 1 N–H and O–H groups in total. The van der Waals surface area contributed by atoms with Gasteiger partial charge in [0.25, 0.3) is 5.91 Å². The molecule has 0 aliphatic heterocycles. The molecule has 0 fully saturated rings. The number of rotatable bonds is 2. The van der Waals surface area contributed by atoms with Gasteiger partial charge in [0.2, 0.25) is 0 Å². The van der Waals surface area contributed by atoms with Crippen molar-refractivity contribution >= 4 is 29.5 Å². The number of benzene rings is 2. The first-order valence-electron chi connectivity index (χ1n) is 6.55. The Kier molecular flexibility index (Phi) is 3.87. The van der Waals surface area contributed by atoms with Gasteiger partial charge in [0.1, 0.15) is 10.8 Å². The van der Waals surface area contributed by atoms with Gasteiger partial charge in [0.15, 0.2) is 3.95 Å². The van der Waals surface area contributed by atoms with E-state index in [0.717, 1.165) is 11.1 Å². The summed E-state index contributed by atoms with van der Waals surface area (Å²) >= 11 is 6.55. The molecule has 1 aromatic heterocycles. The number of hydrogen-bond donors (Lipinski definition) is 1. The summed E-state index contributed by atoms with van der Waals surface area (Å²) < 4.78 is 1.62. The van der Waals surface area contributed by atoms with Crippen molar-refractivity contribution in [1.29, 1.82) is 0 Å². The van der Waals surface area contributed by atoms with Crippen LogP contribution in [-0.2, 0) is 0 Å². The molecule has 0 unspecified atom stereocenters. The van der Waals surface area contributed by atoms with E-state index in [4.69, 9.17) is 12.2 Å². The third kappa shape index (κ3) is 2.84. The average molecular weight is 328 g/mol. The molecular weight excluding hydrogens is 316 g/mol. The molecule has 0 amide bonds. The van der Waals surface area contributed by atoms with Gasteiger partial charge >= 0.3 is 0 Å². The van der Waals surface area contributed by atoms with E-state index in [-0.39, 0.29) is 11.7 Å². The van der Waals surface area contributed by atoms with Gasteiger partial charge in [0, 0.05) is 11.1 Å². The van der Waals surface area contributed by atoms with Crippen molar-refractivity contribution in [2.75, 3.05) is 0 Å². The van der Waals surface area contributed by atoms with Crippen molar-refractivity contribution in [3.8, 4) is 16.3 Å². The highest BCUT2D eigenvalue weighted by Gasteiger charge is 2.14. The Hall–Kier alpha value is -2.31. The molecule has 0 saturated heterocycles. The molecule has 0 saturated carbocycles. The number of aryl methyl sites for hydroxylation is 1. The third-order valence-corrected chi connectivity index (χ3v) is 4.43. The summed E-state index contributed by atoms with van der Waals surface area (Å²) in [4.78, 5) is 12.4. The third-order valence-electron chi connectivity index (χ3n) is 3.15. The van der Waals surface area contributed by atoms with E-state index in [1.165, 1.54) is 28.2 Å². The van der Waals surface area contributed by atoms with Crippen molar-refractivity contribution in [3.63, 3.8) is 0 Å². The predicted molar refractivity (Wildman–Crippen MR) is 88.9 cm³/mol. The predicted octanol–water partition coefficient (Wildman–Crippen LogP) is 4.04. The summed E-state index contributed by atoms with van der Waals surface area (Å²) in [5, 5.41) is 14.3. The van der Waals surface area contributed by atoms with Crippen LogP contribution in [-0.4, -0.2) is 20.8 Å². The number of nitrogens with zero attached hydrogens (tertiary/aromatic N) is 2. The Morgan fingerprint density at radius 1 is 1.14 bits per heavy atom. The van der Waals surface area contributed by atoms with Crippen molar-refractivity contribution in [2.24, 2.45) is 0 Å². The molecule has 0 spiro atoms. The maximum absolute atomic E-state index is 12.4. The largest absolute Gasteiger partial charge is 0.508 e. The smallest absolute Gasteiger partial charge is 0.280 e. The Bertz CT molecular complexity index is 878. The summed E-state index contributed by atoms with van der Waals surface area (Å²) in [6.07, 6.45) is 0. The van der Waals surface area contributed by atoms with Crippen LogP contribution in [0.4, 0.5) is 0 Å². The van der Waals surface area contributed by atoms with Crippen LogP contribution < -0.4 is 0 Å². The summed E-state index contributed by atoms with van der Waals surface area (Å²) in [5.74, 6) is -0.196. The van der Waals surface area contributed by atoms with Crippen molar-refractivity contribution in [2.45, 2.75) is 6.92 Å². The fourth-order valence-corrected chi connectivity index (χ4v) is 3.06. The molecule has 0 radical (unpaired) electrons. The van der Waals surface area contributed by atoms with Gasteiger partial charge in [-0.25, -0.2) is 0 Å². The fraction of sp³-hybridized carbons (Fsp3) is 0.0625. The second-order valence-corrected chi connectivity index (χ2v) is 6.43. The van der Waals surface area contributed by atoms with E-state index in [9.17, 15) is 9.90 Å². The van der Waals surface area contributed by atoms with Gasteiger partial charge in [-0.15, -0.1) is 0 Å². The topological polar surface area (TPSA) is 55.1 Å². The zero-order valence-corrected chi connectivity index (χ0v) is 13.3. The maximum atomic E-state index is 12.4. The summed E-state index contributed by atoms with van der Waals surface area (Å²) in [7, 11) is 0. The van der Waals surface area contributed by atoms with Crippen LogP contribution in [0, 0.1) is 10.9 Å². The number of carbonyl (C=O) groups is 1. The minimum atomic E-state index is -0.306. The van der Waals surface area contributed by atoms with Gasteiger partial charge in [-0.3, -0.25) is 4.79 Å². The van der Waals surface area contributed by atoms with Crippen molar-refractivity contribution in [1.82, 2.24) is 9.78 Å². The average Bonchev–Trinajstić information content (AvgIpc) is 2.90. The van der Waals surface area contributed by atoms with Crippen LogP contribution in [0.5, 0.6) is 5.75 Å². The number of aromatic nitrogens is 2. The second-order valence-electron chi connectivity index (χ2n) is 4.80. The number of phenolic OH excluding ortho intramolecular Hbond substituents is 1. The van der Waals surface area contributed by atoms with Gasteiger partial charge in [0.05, 0.1) is 0 Å². The molecule has 6 heteroatoms. The van der Waals surface area contributed by atoms with E-state index >= 15 is 0 Å². The summed E-state index contributed by atoms with van der Waals surface area (Å²) in [6, 6.07) is 13.9. The van der Waals surface area contributed by atoms with Crippen molar-refractivity contribution < 1.29 is 9.90 Å². The molecule has 4 nitrogen and oxygen atoms in total. The lowest BCUT2D eigenvalue weighted by Gasteiger charge is -2.00. The van der Waals surface area contributed by atoms with Crippen LogP contribution in [0.25, 0.3) is 10.6 Å². The highest BCUT2D eigenvalue weighted by atomic mass is 32.1. The van der Waals surface area contributed by atoms with Gasteiger partial charge in [-0.2, -0.15) is 9.78 Å². The van der Waals surface area contributed by atoms with E-state index in [1.54, 1.807) is 12.1 Å². The molecule has 1 heterocycles. The fourth-order valence-electron chi connectivity index (χ4n) is 1.95. The van der Waals surface area contributed by atoms with Gasteiger partial charge < -0.3 is 5.11 Å². The van der Waals surface area contributed by atoms with E-state index in [2.05, 4.69) is 5.10 Å². The standard InChI is InChI=1S/C16H12N2O2S2/c1-10-2-4-11(5-3-10)14-17-18(16(21)22-14)15(20)12-6-8-13(19)9-7-12/h2-9,19H,1H3. The zero-order valence-electron chi connectivity index (χ0n) is 11.7. The van der Waals surface area contributed by atoms with Gasteiger partial charge in [-0.05, 0) is 43.4 Å². The minimum absolute atomic E-state index is 0.110. The Morgan fingerprint density at radius 2 is 1.77 bits per heavy atom. The Labute approximate surface area is 136 Å². The molecule has 2 aromatic carbocycles. The lowest BCUT2D eigenvalue weighted by Crippen LogP contribution is -2.13. The first kappa shape index (κ1) is 14.6. The van der Waals surface area contributed by atoms with E-state index < -0.39 is 0 Å². The van der Waals surface area contributed by atoms with Crippen LogP contribution in [0.15, 0.2) is 48.5 Å². The first-order chi connectivity index (χ1) is 10.5. The Morgan fingerprint density at radius 3 is 2.41 bits per heavy atom. The highest BCUT2D eigenvalue weighted by molar-refractivity contribution is 7.73. The molecular formula is C16H12N2O2S2. The van der Waals surface area contributed by atoms with Gasteiger partial charge in [-0.1, -0.05) is 41.2 Å². The number of hydrogen-bond acceptors (Lipinski definition) is 5. The zero-order chi connectivity index (χ0) is 15.7. The quantitative estimate of drug-likeness (QED) is 0.721. The number of phenols is 1. The molecule has 22 heavy (non-hydrogen) atoms. The van der Waals surface area contributed by atoms with Crippen LogP contribution in [0.2, 0.25) is 0 Å². The van der Waals surface area contributed by atoms with Crippen molar-refractivity contribution in [3.05, 3.63) is 63.6 Å². The molecule has 0 bridgehead atoms. The molecule has 0 aliphatic rings. The molecule has 0 aliphatic carbocycles. The minimum Gasteiger partial charge on any atom is -0.508 e. The maximum Gasteiger partial charge on any atom is 0.280 e. The molecule has 0 atom stereocenters. The number of carbonyl (C=O) groups excluding carboxylic acids is 1. The summed E-state index contributed by atoms with van der Waals surface area (Å²) in [5.41, 5.74) is 2.51. The van der Waals surface area contributed by atoms with Crippen LogP contribution >= 0.6 is 23.6 Å². The van der Waals surface area contributed by atoms with Crippen LogP contribution in [0.3, 0.4) is 0 Å². The highest BCUT2D eigenvalue weighted by Crippen LogP contribution is 2.24. The normalized spacial score (nSPS) is 10.6. The number of aromatic hydroxyl groups is 1. The monoisotopic (exact) mass is 328 g/mol. The lowest BCUT2D eigenvalue weighted by molar-refractivity contribution is 0.0944. The van der Waals surface area contributed by atoms with E-state index in [1.807, 2.05) is 31.2 Å². The first-order valence-corrected chi connectivity index (χ1v) is 7.78. The Balaban J connectivity index is 1.98. The molecule has 3 aromatic rings. The lowest BCUT2D eigenvalue weighted by atomic mass is 10.2. The summed E-state index contributed by atoms with van der Waals surface area (Å²) in [6.45, 7) is 2.01. The molecule has 110 valence electrons. The molecule has 3 rings (SSSR count). The second kappa shape index (κ2) is 5.82. The SMILES string of the molecule is Cc1ccc(-c2nn(C(=O)c3ccc(O)cc3)c(=S)s2)cc1. The van der Waals surface area contributed by atoms with E-state index in [0.29, 0.717) is 14.5 Å².